The van der Waals surface area contributed by atoms with Gasteiger partial charge in [-0.3, -0.25) is 9.59 Å². The van der Waals surface area contributed by atoms with Crippen LogP contribution in [-0.4, -0.2) is 21.7 Å². The van der Waals surface area contributed by atoms with Gasteiger partial charge in [0.1, 0.15) is 17.6 Å². The fourth-order valence-electron chi connectivity index (χ4n) is 4.26. The van der Waals surface area contributed by atoms with Gasteiger partial charge in [-0.15, -0.1) is 11.3 Å². The van der Waals surface area contributed by atoms with E-state index in [1.807, 2.05) is 54.8 Å². The van der Waals surface area contributed by atoms with E-state index in [1.165, 1.54) is 28.4 Å². The topological polar surface area (TPSA) is 57.6 Å². The van der Waals surface area contributed by atoms with E-state index in [0.29, 0.717) is 11.1 Å². The third-order valence-corrected chi connectivity index (χ3v) is 7.05. The monoisotopic (exact) mass is 457 g/mol. The Kier molecular flexibility index (Phi) is 5.30. The number of aliphatic hydroxyl groups excluding tert-OH is 1. The first-order valence-electron chi connectivity index (χ1n) is 10.5. The third-order valence-electron chi connectivity index (χ3n) is 5.98. The summed E-state index contributed by atoms with van der Waals surface area (Å²) in [7, 11) is 0. The molecule has 0 aliphatic carbocycles. The molecule has 1 atom stereocenters. The molecule has 3 aromatic carbocycles. The van der Waals surface area contributed by atoms with E-state index in [-0.39, 0.29) is 23.7 Å². The summed E-state index contributed by atoms with van der Waals surface area (Å²) in [4.78, 5) is 28.6. The molecule has 1 amide bonds. The number of amides is 1. The summed E-state index contributed by atoms with van der Waals surface area (Å²) in [5, 5.41) is 15.1. The number of rotatable bonds is 4. The Hall–Kier alpha value is -3.77. The number of aliphatic hydroxyl groups is 1. The molecule has 0 spiro atoms. The lowest BCUT2D eigenvalue weighted by Gasteiger charge is -2.25. The maximum atomic E-state index is 13.4. The Balaban J connectivity index is 1.65. The van der Waals surface area contributed by atoms with Gasteiger partial charge >= 0.3 is 0 Å². The van der Waals surface area contributed by atoms with E-state index in [2.05, 4.69) is 0 Å². The molecular weight excluding hydrogens is 437 g/mol. The summed E-state index contributed by atoms with van der Waals surface area (Å²) in [6, 6.07) is 20.2. The second-order valence-electron chi connectivity index (χ2n) is 8.08. The molecule has 1 aliphatic heterocycles. The lowest BCUT2D eigenvalue weighted by Crippen LogP contribution is -2.29. The second-order valence-corrected chi connectivity index (χ2v) is 9.03. The molecule has 5 rings (SSSR count). The molecule has 2 heterocycles. The lowest BCUT2D eigenvalue weighted by molar-refractivity contribution is -0.140. The number of carbonyl (C=O) groups excluding carboxylic acids is 2. The highest BCUT2D eigenvalue weighted by atomic mass is 32.1. The van der Waals surface area contributed by atoms with Crippen LogP contribution >= 0.6 is 11.3 Å². The van der Waals surface area contributed by atoms with Crippen LogP contribution in [-0.2, 0) is 16.1 Å². The molecule has 0 radical (unpaired) electrons. The number of likely N-dealkylation sites (tertiary alicyclic amines) is 1. The van der Waals surface area contributed by atoms with Gasteiger partial charge in [0.05, 0.1) is 5.57 Å². The Labute approximate surface area is 194 Å². The minimum Gasteiger partial charge on any atom is -0.507 e. The highest BCUT2D eigenvalue weighted by Gasteiger charge is 2.47. The number of fused-ring (bicyclic) bond motifs is 1. The van der Waals surface area contributed by atoms with E-state index < -0.39 is 17.7 Å². The van der Waals surface area contributed by atoms with Crippen LogP contribution in [0.25, 0.3) is 16.5 Å². The second kappa shape index (κ2) is 8.30. The van der Waals surface area contributed by atoms with Crippen molar-refractivity contribution in [3.8, 4) is 0 Å². The molecule has 1 saturated heterocycles. The van der Waals surface area contributed by atoms with E-state index in [4.69, 9.17) is 0 Å². The SMILES string of the molecule is Cc1ccsc1C1/C(=C(/O)c2ccc3ccccc3c2)C(=O)C(=O)N1Cc1ccc(F)cc1. The Morgan fingerprint density at radius 2 is 1.73 bits per heavy atom. The minimum atomic E-state index is -0.722. The molecule has 1 aromatic heterocycles. The fourth-order valence-corrected chi connectivity index (χ4v) is 5.31. The summed E-state index contributed by atoms with van der Waals surface area (Å²) in [5.41, 5.74) is 2.18. The van der Waals surface area contributed by atoms with Crippen molar-refractivity contribution in [1.29, 1.82) is 0 Å². The molecular formula is C27H20FNO3S. The van der Waals surface area contributed by atoms with Crippen molar-refractivity contribution in [3.05, 3.63) is 111 Å². The molecule has 4 nitrogen and oxygen atoms in total. The summed E-state index contributed by atoms with van der Waals surface area (Å²) >= 11 is 1.44. The van der Waals surface area contributed by atoms with Crippen molar-refractivity contribution in [2.75, 3.05) is 0 Å². The highest BCUT2D eigenvalue weighted by Crippen LogP contribution is 2.43. The Bertz CT molecular complexity index is 1420. The van der Waals surface area contributed by atoms with Crippen molar-refractivity contribution in [3.63, 3.8) is 0 Å². The number of nitrogens with zero attached hydrogens (tertiary/aromatic N) is 1. The molecule has 0 saturated carbocycles. The Morgan fingerprint density at radius 1 is 1.00 bits per heavy atom. The molecule has 1 aliphatic rings. The quantitative estimate of drug-likeness (QED) is 0.233. The van der Waals surface area contributed by atoms with Gasteiger partial charge in [0, 0.05) is 17.0 Å². The molecule has 33 heavy (non-hydrogen) atoms. The van der Waals surface area contributed by atoms with Crippen molar-refractivity contribution in [2.24, 2.45) is 0 Å². The average Bonchev–Trinajstić information content (AvgIpc) is 3.35. The van der Waals surface area contributed by atoms with E-state index in [9.17, 15) is 19.1 Å². The molecule has 164 valence electrons. The maximum absolute atomic E-state index is 13.4. The number of hydrogen-bond donors (Lipinski definition) is 1. The van der Waals surface area contributed by atoms with Gasteiger partial charge in [-0.05, 0) is 58.5 Å². The number of Topliss-reactive ketones (excluding diaryl/α,β-unsaturated/α-hetero) is 1. The molecule has 6 heteroatoms. The summed E-state index contributed by atoms with van der Waals surface area (Å²) in [5.74, 6) is -1.97. The largest absolute Gasteiger partial charge is 0.507 e. The number of benzene rings is 3. The molecule has 1 fully saturated rings. The number of thiophene rings is 1. The zero-order valence-electron chi connectivity index (χ0n) is 17.8. The predicted molar refractivity (Wildman–Crippen MR) is 127 cm³/mol. The van der Waals surface area contributed by atoms with Crippen LogP contribution < -0.4 is 0 Å². The van der Waals surface area contributed by atoms with Gasteiger partial charge in [0.2, 0.25) is 0 Å². The number of hydrogen-bond acceptors (Lipinski definition) is 4. The normalized spacial score (nSPS) is 17.8. The first-order valence-corrected chi connectivity index (χ1v) is 11.4. The molecule has 0 bridgehead atoms. The van der Waals surface area contributed by atoms with Crippen LogP contribution in [0, 0.1) is 12.7 Å². The maximum Gasteiger partial charge on any atom is 0.295 e. The number of aryl methyl sites for hydroxylation is 1. The van der Waals surface area contributed by atoms with Gasteiger partial charge in [-0.25, -0.2) is 4.39 Å². The standard InChI is InChI=1S/C27H20FNO3S/c1-16-12-13-33-26(16)23-22(24(30)20-9-8-18-4-2-3-5-19(18)14-20)25(31)27(32)29(23)15-17-6-10-21(28)11-7-17/h2-14,23,30H,15H2,1H3/b24-22-. The van der Waals surface area contributed by atoms with Gasteiger partial charge in [-0.1, -0.05) is 48.5 Å². The highest BCUT2D eigenvalue weighted by molar-refractivity contribution is 7.10. The Morgan fingerprint density at radius 3 is 2.42 bits per heavy atom. The smallest absolute Gasteiger partial charge is 0.295 e. The van der Waals surface area contributed by atoms with E-state index >= 15 is 0 Å². The van der Waals surface area contributed by atoms with Gasteiger partial charge in [0.25, 0.3) is 11.7 Å². The van der Waals surface area contributed by atoms with E-state index in [0.717, 1.165) is 21.2 Å². The first-order chi connectivity index (χ1) is 15.9. The van der Waals surface area contributed by atoms with E-state index in [1.54, 1.807) is 18.2 Å². The number of carbonyl (C=O) groups is 2. The third kappa shape index (κ3) is 3.72. The van der Waals surface area contributed by atoms with Crippen molar-refractivity contribution in [1.82, 2.24) is 4.90 Å². The van der Waals surface area contributed by atoms with Gasteiger partial charge in [0.15, 0.2) is 0 Å². The van der Waals surface area contributed by atoms with Crippen LogP contribution in [0.1, 0.15) is 27.6 Å². The number of halogens is 1. The predicted octanol–water partition coefficient (Wildman–Crippen LogP) is 5.97. The van der Waals surface area contributed by atoms with Crippen LogP contribution in [0.2, 0.25) is 0 Å². The fraction of sp³-hybridized carbons (Fsp3) is 0.111. The van der Waals surface area contributed by atoms with Gasteiger partial charge < -0.3 is 10.0 Å². The van der Waals surface area contributed by atoms with Crippen molar-refractivity contribution in [2.45, 2.75) is 19.5 Å². The summed E-state index contributed by atoms with van der Waals surface area (Å²) < 4.78 is 13.4. The summed E-state index contributed by atoms with van der Waals surface area (Å²) in [6.45, 7) is 2.04. The number of ketones is 1. The zero-order chi connectivity index (χ0) is 23.1. The zero-order valence-corrected chi connectivity index (χ0v) is 18.6. The van der Waals surface area contributed by atoms with Crippen LogP contribution in [0.3, 0.4) is 0 Å². The minimum absolute atomic E-state index is 0.0722. The van der Waals surface area contributed by atoms with Crippen molar-refractivity contribution < 1.29 is 19.1 Å². The van der Waals surface area contributed by atoms with Crippen LogP contribution in [0.5, 0.6) is 0 Å². The van der Waals surface area contributed by atoms with Gasteiger partial charge in [-0.2, -0.15) is 0 Å². The van der Waals surface area contributed by atoms with Crippen LogP contribution in [0.4, 0.5) is 4.39 Å². The van der Waals surface area contributed by atoms with Crippen LogP contribution in [0.15, 0.2) is 83.7 Å². The summed E-state index contributed by atoms with van der Waals surface area (Å²) in [6.07, 6.45) is 0. The molecule has 4 aromatic rings. The molecule has 1 N–H and O–H groups in total. The van der Waals surface area contributed by atoms with Crippen molar-refractivity contribution >= 4 is 39.6 Å². The lowest BCUT2D eigenvalue weighted by atomic mass is 9.97. The average molecular weight is 458 g/mol. The first kappa shape index (κ1) is 21.1. The molecule has 1 unspecified atom stereocenters.